The third-order valence-electron chi connectivity index (χ3n) is 3.87. The fourth-order valence-corrected chi connectivity index (χ4v) is 3.90. The van der Waals surface area contributed by atoms with Crippen LogP contribution < -0.4 is 5.32 Å². The van der Waals surface area contributed by atoms with Gasteiger partial charge in [-0.2, -0.15) is 0 Å². The summed E-state index contributed by atoms with van der Waals surface area (Å²) in [6, 6.07) is 0.423. The summed E-state index contributed by atoms with van der Waals surface area (Å²) in [7, 11) is 0. The highest BCUT2D eigenvalue weighted by Crippen LogP contribution is 2.33. The number of tetrazole rings is 1. The number of hydrogen-bond donors (Lipinski definition) is 1. The normalized spacial score (nSPS) is 25.3. The molecule has 104 valence electrons. The van der Waals surface area contributed by atoms with E-state index in [9.17, 15) is 4.79 Å². The molecule has 2 fully saturated rings. The quantitative estimate of drug-likeness (QED) is 0.910. The summed E-state index contributed by atoms with van der Waals surface area (Å²) in [5.74, 6) is 0.128. The highest BCUT2D eigenvalue weighted by Gasteiger charge is 2.27. The maximum Gasteiger partial charge on any atom is 0.233 e. The Bertz CT molecular complexity index is 443. The summed E-state index contributed by atoms with van der Waals surface area (Å²) < 4.78 is 1.93. The van der Waals surface area contributed by atoms with Gasteiger partial charge >= 0.3 is 0 Å². The lowest BCUT2D eigenvalue weighted by Crippen LogP contribution is -2.31. The predicted molar refractivity (Wildman–Crippen MR) is 71.8 cm³/mol. The molecule has 1 aliphatic carbocycles. The molecule has 7 heteroatoms. The standard InChI is InChI=1S/C12H19N5OS/c18-11-10(7-3-4-8-13-11)19-12-14-15-16-17(12)9-5-1-2-6-9/h9-10H,1-8H2,(H,13,18). The lowest BCUT2D eigenvalue weighted by molar-refractivity contribution is -0.120. The van der Waals surface area contributed by atoms with Crippen LogP contribution in [-0.2, 0) is 4.79 Å². The van der Waals surface area contributed by atoms with Crippen LogP contribution in [0.5, 0.6) is 0 Å². The van der Waals surface area contributed by atoms with E-state index in [0.717, 1.165) is 43.8 Å². The number of carbonyl (C=O) groups excluding carboxylic acids is 1. The zero-order chi connectivity index (χ0) is 13.1. The molecule has 2 heterocycles. The van der Waals surface area contributed by atoms with Crippen molar-refractivity contribution in [2.24, 2.45) is 0 Å². The van der Waals surface area contributed by atoms with Crippen molar-refractivity contribution in [3.63, 3.8) is 0 Å². The first-order valence-electron chi connectivity index (χ1n) is 7.07. The van der Waals surface area contributed by atoms with Crippen LogP contribution in [0.3, 0.4) is 0 Å². The van der Waals surface area contributed by atoms with Gasteiger partial charge < -0.3 is 5.32 Å². The van der Waals surface area contributed by atoms with Gasteiger partial charge in [-0.25, -0.2) is 4.68 Å². The average molecular weight is 281 g/mol. The van der Waals surface area contributed by atoms with E-state index in [-0.39, 0.29) is 11.2 Å². The molecule has 0 bridgehead atoms. The molecule has 1 atom stereocenters. The molecule has 1 saturated heterocycles. The Balaban J connectivity index is 1.71. The number of hydrogen-bond acceptors (Lipinski definition) is 5. The molecule has 0 spiro atoms. The molecule has 1 unspecified atom stereocenters. The van der Waals surface area contributed by atoms with Crippen molar-refractivity contribution >= 4 is 17.7 Å². The molecule has 2 aliphatic rings. The Hall–Kier alpha value is -1.11. The first kappa shape index (κ1) is 12.9. The number of nitrogens with one attached hydrogen (secondary N) is 1. The second-order valence-electron chi connectivity index (χ2n) is 5.24. The monoisotopic (exact) mass is 281 g/mol. The van der Waals surface area contributed by atoms with Crippen LogP contribution in [0.4, 0.5) is 0 Å². The molecule has 0 aromatic carbocycles. The molecule has 1 N–H and O–H groups in total. The number of amides is 1. The molecule has 1 aromatic heterocycles. The lowest BCUT2D eigenvalue weighted by Gasteiger charge is -2.14. The number of nitrogens with zero attached hydrogens (tertiary/aromatic N) is 4. The molecule has 1 saturated carbocycles. The summed E-state index contributed by atoms with van der Waals surface area (Å²) in [6.45, 7) is 0.795. The Morgan fingerprint density at radius 1 is 1.16 bits per heavy atom. The molecule has 19 heavy (non-hydrogen) atoms. The fourth-order valence-electron chi connectivity index (χ4n) is 2.79. The second-order valence-corrected chi connectivity index (χ2v) is 6.41. The van der Waals surface area contributed by atoms with Crippen LogP contribution in [0.25, 0.3) is 0 Å². The van der Waals surface area contributed by atoms with Crippen molar-refractivity contribution in [3.05, 3.63) is 0 Å². The van der Waals surface area contributed by atoms with E-state index in [2.05, 4.69) is 20.8 Å². The molecule has 0 radical (unpaired) electrons. The third-order valence-corrected chi connectivity index (χ3v) is 5.08. The molecule has 6 nitrogen and oxygen atoms in total. The van der Waals surface area contributed by atoms with Gasteiger partial charge in [0.15, 0.2) is 0 Å². The van der Waals surface area contributed by atoms with Gasteiger partial charge in [0, 0.05) is 6.54 Å². The number of aromatic nitrogens is 4. The summed E-state index contributed by atoms with van der Waals surface area (Å²) >= 11 is 1.52. The Labute approximate surface area is 116 Å². The number of thioether (sulfide) groups is 1. The molecular weight excluding hydrogens is 262 g/mol. The van der Waals surface area contributed by atoms with E-state index in [4.69, 9.17) is 0 Å². The van der Waals surface area contributed by atoms with Gasteiger partial charge in [0.2, 0.25) is 11.1 Å². The van der Waals surface area contributed by atoms with Crippen molar-refractivity contribution in [3.8, 4) is 0 Å². The van der Waals surface area contributed by atoms with Crippen LogP contribution in [-0.4, -0.2) is 37.9 Å². The van der Waals surface area contributed by atoms with Crippen LogP contribution in [0.2, 0.25) is 0 Å². The topological polar surface area (TPSA) is 72.7 Å². The number of carbonyl (C=O) groups is 1. The van der Waals surface area contributed by atoms with Crippen LogP contribution in [0.15, 0.2) is 5.16 Å². The first-order valence-corrected chi connectivity index (χ1v) is 7.95. The van der Waals surface area contributed by atoms with Gasteiger partial charge in [-0.05, 0) is 36.1 Å². The summed E-state index contributed by atoms with van der Waals surface area (Å²) in [5, 5.41) is 15.7. The average Bonchev–Trinajstić information content (AvgIpc) is 3.03. The van der Waals surface area contributed by atoms with E-state index >= 15 is 0 Å². The third kappa shape index (κ3) is 2.91. The van der Waals surface area contributed by atoms with Gasteiger partial charge in [-0.1, -0.05) is 31.0 Å². The van der Waals surface area contributed by atoms with Crippen LogP contribution >= 0.6 is 11.8 Å². The van der Waals surface area contributed by atoms with Gasteiger partial charge in [-0.3, -0.25) is 4.79 Å². The number of rotatable bonds is 3. The largest absolute Gasteiger partial charge is 0.355 e. The van der Waals surface area contributed by atoms with Crippen molar-refractivity contribution in [2.75, 3.05) is 6.54 Å². The second kappa shape index (κ2) is 5.90. The highest BCUT2D eigenvalue weighted by atomic mass is 32.2. The minimum atomic E-state index is -0.0475. The zero-order valence-electron chi connectivity index (χ0n) is 10.9. The predicted octanol–water partition coefficient (Wildman–Crippen LogP) is 1.55. The lowest BCUT2D eigenvalue weighted by atomic mass is 10.2. The van der Waals surface area contributed by atoms with E-state index in [1.165, 1.54) is 24.6 Å². The van der Waals surface area contributed by atoms with E-state index in [1.54, 1.807) is 0 Å². The maximum atomic E-state index is 12.0. The van der Waals surface area contributed by atoms with Crippen LogP contribution in [0.1, 0.15) is 51.0 Å². The Morgan fingerprint density at radius 2 is 1.95 bits per heavy atom. The maximum absolute atomic E-state index is 12.0. The van der Waals surface area contributed by atoms with Crippen LogP contribution in [0, 0.1) is 0 Å². The minimum Gasteiger partial charge on any atom is -0.355 e. The molecular formula is C12H19N5OS. The summed E-state index contributed by atoms with van der Waals surface area (Å²) in [5.41, 5.74) is 0. The summed E-state index contributed by atoms with van der Waals surface area (Å²) in [6.07, 6.45) is 7.85. The minimum absolute atomic E-state index is 0.0475. The molecule has 1 aromatic rings. The van der Waals surface area contributed by atoms with Crippen molar-refractivity contribution in [2.45, 2.75) is 61.4 Å². The van der Waals surface area contributed by atoms with Crippen molar-refractivity contribution in [1.29, 1.82) is 0 Å². The zero-order valence-corrected chi connectivity index (χ0v) is 11.7. The summed E-state index contributed by atoms with van der Waals surface area (Å²) in [4.78, 5) is 12.0. The molecule has 1 amide bonds. The van der Waals surface area contributed by atoms with E-state index in [1.807, 2.05) is 4.68 Å². The van der Waals surface area contributed by atoms with Gasteiger partial charge in [0.05, 0.1) is 11.3 Å². The smallest absolute Gasteiger partial charge is 0.233 e. The molecule has 1 aliphatic heterocycles. The Morgan fingerprint density at radius 3 is 2.79 bits per heavy atom. The van der Waals surface area contributed by atoms with Gasteiger partial charge in [0.1, 0.15) is 0 Å². The first-order chi connectivity index (χ1) is 9.34. The van der Waals surface area contributed by atoms with Gasteiger partial charge in [-0.15, -0.1) is 5.10 Å². The molecule has 3 rings (SSSR count). The van der Waals surface area contributed by atoms with Crippen molar-refractivity contribution < 1.29 is 4.79 Å². The fraction of sp³-hybridized carbons (Fsp3) is 0.833. The van der Waals surface area contributed by atoms with Gasteiger partial charge in [0.25, 0.3) is 0 Å². The van der Waals surface area contributed by atoms with Crippen molar-refractivity contribution in [1.82, 2.24) is 25.5 Å². The highest BCUT2D eigenvalue weighted by molar-refractivity contribution is 8.00. The Kier molecular flexibility index (Phi) is 4.00. The SMILES string of the molecule is O=C1NCCCCC1Sc1nnnn1C1CCCC1. The van der Waals surface area contributed by atoms with E-state index in [0.29, 0.717) is 6.04 Å². The van der Waals surface area contributed by atoms with E-state index < -0.39 is 0 Å².